The normalized spacial score (nSPS) is 9.20. The van der Waals surface area contributed by atoms with Gasteiger partial charge in [0.1, 0.15) is 0 Å². The van der Waals surface area contributed by atoms with Crippen molar-refractivity contribution in [1.29, 1.82) is 0 Å². The van der Waals surface area contributed by atoms with Gasteiger partial charge in [-0.15, -0.1) is 6.58 Å². The van der Waals surface area contributed by atoms with E-state index in [1.807, 2.05) is 18.2 Å². The molecule has 0 aromatic carbocycles. The largest absolute Gasteiger partial charge is 0.254 e. The van der Waals surface area contributed by atoms with Crippen molar-refractivity contribution in [1.82, 2.24) is 4.98 Å². The van der Waals surface area contributed by atoms with Crippen LogP contribution in [-0.2, 0) is 6.42 Å². The summed E-state index contributed by atoms with van der Waals surface area (Å²) in [6.07, 6.45) is 8.54. The van der Waals surface area contributed by atoms with Crippen LogP contribution < -0.4 is 0 Å². The Morgan fingerprint density at radius 2 is 2.60 bits per heavy atom. The van der Waals surface area contributed by atoms with Gasteiger partial charge in [0.25, 0.3) is 0 Å². The van der Waals surface area contributed by atoms with Gasteiger partial charge in [-0.1, -0.05) is 12.1 Å². The Kier molecular flexibility index (Phi) is 2.68. The lowest BCUT2D eigenvalue weighted by Crippen LogP contribution is -1.83. The summed E-state index contributed by atoms with van der Waals surface area (Å²) >= 11 is 0. The van der Waals surface area contributed by atoms with Gasteiger partial charge in [-0.2, -0.15) is 0 Å². The number of allylic oxidation sites excluding steroid dienone is 1. The minimum absolute atomic E-state index is 0.997. The molecule has 0 saturated heterocycles. The molecule has 0 amide bonds. The van der Waals surface area contributed by atoms with Crippen molar-refractivity contribution in [2.24, 2.45) is 0 Å². The van der Waals surface area contributed by atoms with E-state index < -0.39 is 0 Å². The molecule has 0 aliphatic rings. The maximum absolute atomic E-state index is 3.88. The van der Waals surface area contributed by atoms with Gasteiger partial charge in [-0.25, -0.2) is 0 Å². The molecule has 0 atom stereocenters. The molecule has 1 aromatic heterocycles. The van der Waals surface area contributed by atoms with Crippen molar-refractivity contribution in [3.63, 3.8) is 0 Å². The second kappa shape index (κ2) is 3.83. The molecule has 0 fully saturated rings. The molecule has 1 heteroatoms. The average Bonchev–Trinajstić information content (AvgIpc) is 2.03. The van der Waals surface area contributed by atoms with Gasteiger partial charge < -0.3 is 0 Å². The van der Waals surface area contributed by atoms with Crippen LogP contribution in [0.3, 0.4) is 0 Å². The first-order valence-corrected chi connectivity index (χ1v) is 3.36. The van der Waals surface area contributed by atoms with E-state index in [9.17, 15) is 0 Å². The van der Waals surface area contributed by atoms with Crippen molar-refractivity contribution in [3.8, 4) is 0 Å². The molecule has 0 aliphatic carbocycles. The quantitative estimate of drug-likeness (QED) is 0.573. The van der Waals surface area contributed by atoms with E-state index in [1.54, 1.807) is 6.20 Å². The van der Waals surface area contributed by atoms with Crippen LogP contribution >= 0.6 is 0 Å². The van der Waals surface area contributed by atoms with Gasteiger partial charge >= 0.3 is 0 Å². The van der Waals surface area contributed by atoms with Crippen LogP contribution in [0.15, 0.2) is 31.0 Å². The highest BCUT2D eigenvalue weighted by Crippen LogP contribution is 1.98. The summed E-state index contributed by atoms with van der Waals surface area (Å²) in [5, 5.41) is 0. The molecule has 1 heterocycles. The molecule has 0 bridgehead atoms. The first-order chi connectivity index (χ1) is 4.93. The molecule has 1 aromatic rings. The first kappa shape index (κ1) is 7.00. The fourth-order valence-corrected chi connectivity index (χ4v) is 0.756. The fourth-order valence-electron chi connectivity index (χ4n) is 0.756. The second-order valence-electron chi connectivity index (χ2n) is 2.10. The van der Waals surface area contributed by atoms with Gasteiger partial charge in [0.15, 0.2) is 0 Å². The molecule has 0 spiro atoms. The first-order valence-electron chi connectivity index (χ1n) is 3.36. The van der Waals surface area contributed by atoms with Crippen LogP contribution in [0, 0.1) is 6.20 Å². The fraction of sp³-hybridized carbons (Fsp3) is 0.222. The van der Waals surface area contributed by atoms with E-state index in [4.69, 9.17) is 0 Å². The minimum atomic E-state index is 0.997. The van der Waals surface area contributed by atoms with Gasteiger partial charge in [0, 0.05) is 6.20 Å². The third kappa shape index (κ3) is 2.02. The van der Waals surface area contributed by atoms with Crippen LogP contribution in [-0.4, -0.2) is 4.98 Å². The zero-order valence-electron chi connectivity index (χ0n) is 5.88. The smallest absolute Gasteiger partial charge is 0.0920 e. The Bertz CT molecular complexity index is 191. The number of hydrogen-bond acceptors (Lipinski definition) is 1. The summed E-state index contributed by atoms with van der Waals surface area (Å²) < 4.78 is 0. The van der Waals surface area contributed by atoms with Gasteiger partial charge in [-0.05, 0) is 24.5 Å². The lowest BCUT2D eigenvalue weighted by molar-refractivity contribution is 0.986. The average molecular weight is 132 g/mol. The highest BCUT2D eigenvalue weighted by atomic mass is 14.6. The van der Waals surface area contributed by atoms with E-state index >= 15 is 0 Å². The summed E-state index contributed by atoms with van der Waals surface area (Å²) in [6.45, 7) is 3.64. The summed E-state index contributed by atoms with van der Waals surface area (Å²) in [7, 11) is 0. The zero-order chi connectivity index (χ0) is 7.23. The van der Waals surface area contributed by atoms with E-state index in [0.717, 1.165) is 18.4 Å². The van der Waals surface area contributed by atoms with Gasteiger partial charge in [0.2, 0.25) is 0 Å². The Hall–Kier alpha value is -1.11. The second-order valence-corrected chi connectivity index (χ2v) is 2.10. The SMILES string of the molecule is C=CCCc1[c]nccc1. The number of rotatable bonds is 3. The molecule has 1 nitrogen and oxygen atoms in total. The number of aryl methyl sites for hydroxylation is 1. The molecule has 0 unspecified atom stereocenters. The molecule has 51 valence electrons. The predicted molar refractivity (Wildman–Crippen MR) is 41.6 cm³/mol. The van der Waals surface area contributed by atoms with Crippen molar-refractivity contribution in [3.05, 3.63) is 42.7 Å². The van der Waals surface area contributed by atoms with Crippen molar-refractivity contribution < 1.29 is 0 Å². The van der Waals surface area contributed by atoms with Crippen LogP contribution in [0.2, 0.25) is 0 Å². The molecule has 10 heavy (non-hydrogen) atoms. The summed E-state index contributed by atoms with van der Waals surface area (Å²) in [4.78, 5) is 3.88. The van der Waals surface area contributed by atoms with Crippen LogP contribution in [0.1, 0.15) is 12.0 Å². The molecular formula is C9H10N. The van der Waals surface area contributed by atoms with Crippen molar-refractivity contribution in [2.45, 2.75) is 12.8 Å². The van der Waals surface area contributed by atoms with Gasteiger partial charge in [0.05, 0.1) is 6.20 Å². The predicted octanol–water partition coefficient (Wildman–Crippen LogP) is 2.00. The molecular weight excluding hydrogens is 122 g/mol. The minimum Gasteiger partial charge on any atom is -0.254 e. The molecule has 0 aliphatic heterocycles. The van der Waals surface area contributed by atoms with Gasteiger partial charge in [-0.3, -0.25) is 4.98 Å². The molecule has 1 radical (unpaired) electrons. The van der Waals surface area contributed by atoms with E-state index in [2.05, 4.69) is 17.8 Å². The Labute approximate surface area is 61.4 Å². The number of hydrogen-bond donors (Lipinski definition) is 0. The van der Waals surface area contributed by atoms with Crippen molar-refractivity contribution >= 4 is 0 Å². The Morgan fingerprint density at radius 1 is 1.70 bits per heavy atom. The molecule has 0 N–H and O–H groups in total. The third-order valence-corrected chi connectivity index (χ3v) is 1.28. The monoisotopic (exact) mass is 132 g/mol. The highest BCUT2D eigenvalue weighted by Gasteiger charge is 1.87. The van der Waals surface area contributed by atoms with E-state index in [-0.39, 0.29) is 0 Å². The van der Waals surface area contributed by atoms with Crippen LogP contribution in [0.25, 0.3) is 0 Å². The maximum atomic E-state index is 3.88. The standard InChI is InChI=1S/C9H10N/c1-2-3-5-9-6-4-7-10-8-9/h2,4,6-7H,1,3,5H2. The van der Waals surface area contributed by atoms with Crippen LogP contribution in [0.4, 0.5) is 0 Å². The topological polar surface area (TPSA) is 12.9 Å². The number of pyridine rings is 1. The lowest BCUT2D eigenvalue weighted by Gasteiger charge is -1.92. The highest BCUT2D eigenvalue weighted by molar-refractivity contribution is 5.07. The Morgan fingerprint density at radius 3 is 3.20 bits per heavy atom. The van der Waals surface area contributed by atoms with Crippen molar-refractivity contribution in [2.75, 3.05) is 0 Å². The maximum Gasteiger partial charge on any atom is 0.0920 e. The summed E-state index contributed by atoms with van der Waals surface area (Å²) in [6, 6.07) is 3.95. The lowest BCUT2D eigenvalue weighted by atomic mass is 10.2. The molecule has 0 saturated carbocycles. The molecule has 1 rings (SSSR count). The number of aromatic nitrogens is 1. The van der Waals surface area contributed by atoms with E-state index in [0.29, 0.717) is 0 Å². The van der Waals surface area contributed by atoms with E-state index in [1.165, 1.54) is 0 Å². The summed E-state index contributed by atoms with van der Waals surface area (Å²) in [5.74, 6) is 0. The third-order valence-electron chi connectivity index (χ3n) is 1.28. The number of nitrogens with zero attached hydrogens (tertiary/aromatic N) is 1. The summed E-state index contributed by atoms with van der Waals surface area (Å²) in [5.41, 5.74) is 1.16. The zero-order valence-corrected chi connectivity index (χ0v) is 5.88. The van der Waals surface area contributed by atoms with Crippen LogP contribution in [0.5, 0.6) is 0 Å². The Balaban J connectivity index is 2.50.